The molecule has 0 fully saturated rings. The second-order valence-corrected chi connectivity index (χ2v) is 11.7. The molecule has 0 heterocycles. The molecule has 9 nitrogen and oxygen atoms in total. The Morgan fingerprint density at radius 2 is 1.69 bits per heavy atom. The Morgan fingerprint density at radius 3 is 2.21 bits per heavy atom. The van der Waals surface area contributed by atoms with E-state index in [-0.39, 0.29) is 48.8 Å². The maximum absolute atomic E-state index is 13.6. The third-order valence-corrected chi connectivity index (χ3v) is 7.96. The fourth-order valence-electron chi connectivity index (χ4n) is 4.10. The van der Waals surface area contributed by atoms with Gasteiger partial charge in [-0.25, -0.2) is 8.42 Å². The van der Waals surface area contributed by atoms with Gasteiger partial charge in [0.1, 0.15) is 17.5 Å². The zero-order chi connectivity index (χ0) is 29.2. The molecular formula is C28H40ClN3O6S. The van der Waals surface area contributed by atoms with E-state index in [1.165, 1.54) is 17.5 Å². The Balaban J connectivity index is 2.25. The number of nitrogens with zero attached hydrogens (tertiary/aromatic N) is 2. The van der Waals surface area contributed by atoms with Crippen LogP contribution in [0.1, 0.15) is 52.0 Å². The number of benzene rings is 2. The van der Waals surface area contributed by atoms with E-state index in [1.807, 2.05) is 45.0 Å². The van der Waals surface area contributed by atoms with E-state index in [4.69, 9.17) is 21.1 Å². The van der Waals surface area contributed by atoms with Gasteiger partial charge in [-0.2, -0.15) is 0 Å². The standard InChI is InChI=1S/C28H40ClN3O6S/c1-7-20(3)30-28(34)25(8-2)31(19-21-11-14-23(37-4)15-12-21)27(33)10-9-17-32(39(6,35)36)22-13-16-26(38-5)24(29)18-22/h11-16,18,20,25H,7-10,17,19H2,1-6H3,(H,30,34)/t20-,25+/m1/s1. The van der Waals surface area contributed by atoms with Crippen LogP contribution in [-0.4, -0.2) is 64.2 Å². The summed E-state index contributed by atoms with van der Waals surface area (Å²) in [5, 5.41) is 3.27. The molecule has 0 saturated heterocycles. The highest BCUT2D eigenvalue weighted by molar-refractivity contribution is 7.92. The summed E-state index contributed by atoms with van der Waals surface area (Å²) in [5.41, 5.74) is 1.23. The van der Waals surface area contributed by atoms with Gasteiger partial charge >= 0.3 is 0 Å². The first-order valence-electron chi connectivity index (χ1n) is 13.0. The van der Waals surface area contributed by atoms with Crippen LogP contribution in [0.15, 0.2) is 42.5 Å². The Morgan fingerprint density at radius 1 is 1.03 bits per heavy atom. The minimum atomic E-state index is -3.65. The monoisotopic (exact) mass is 581 g/mol. The molecule has 39 heavy (non-hydrogen) atoms. The lowest BCUT2D eigenvalue weighted by Gasteiger charge is -2.32. The van der Waals surface area contributed by atoms with Gasteiger partial charge in [0.2, 0.25) is 21.8 Å². The Bertz CT molecular complexity index is 1210. The molecule has 0 aliphatic heterocycles. The van der Waals surface area contributed by atoms with E-state index in [9.17, 15) is 18.0 Å². The average molecular weight is 582 g/mol. The number of halogens is 1. The zero-order valence-corrected chi connectivity index (χ0v) is 25.1. The summed E-state index contributed by atoms with van der Waals surface area (Å²) in [5.74, 6) is 0.676. The average Bonchev–Trinajstić information content (AvgIpc) is 2.90. The van der Waals surface area contributed by atoms with E-state index in [2.05, 4.69) is 5.32 Å². The Kier molecular flexibility index (Phi) is 12.4. The summed E-state index contributed by atoms with van der Waals surface area (Å²) < 4.78 is 36.7. The molecule has 2 aromatic rings. The van der Waals surface area contributed by atoms with Gasteiger partial charge in [-0.15, -0.1) is 0 Å². The number of nitrogens with one attached hydrogen (secondary N) is 1. The Labute approximate surface area is 237 Å². The topological polar surface area (TPSA) is 105 Å². The second kappa shape index (κ2) is 15.0. The number of carbonyl (C=O) groups is 2. The molecule has 0 saturated carbocycles. The van der Waals surface area contributed by atoms with Crippen LogP contribution in [0.2, 0.25) is 5.02 Å². The second-order valence-electron chi connectivity index (χ2n) is 9.37. The first kappa shape index (κ1) is 32.2. The van der Waals surface area contributed by atoms with Crippen LogP contribution in [-0.2, 0) is 26.2 Å². The molecule has 2 aromatic carbocycles. The largest absolute Gasteiger partial charge is 0.497 e. The minimum Gasteiger partial charge on any atom is -0.497 e. The van der Waals surface area contributed by atoms with Crippen LogP contribution in [0.4, 0.5) is 5.69 Å². The summed E-state index contributed by atoms with van der Waals surface area (Å²) in [7, 11) is -0.588. The van der Waals surface area contributed by atoms with Crippen molar-refractivity contribution in [3.8, 4) is 11.5 Å². The summed E-state index contributed by atoms with van der Waals surface area (Å²) in [4.78, 5) is 28.3. The molecule has 0 unspecified atom stereocenters. The lowest BCUT2D eigenvalue weighted by Crippen LogP contribution is -2.50. The van der Waals surface area contributed by atoms with Gasteiger partial charge in [0.25, 0.3) is 0 Å². The third-order valence-electron chi connectivity index (χ3n) is 6.47. The predicted molar refractivity (Wildman–Crippen MR) is 155 cm³/mol. The first-order chi connectivity index (χ1) is 18.4. The van der Waals surface area contributed by atoms with Gasteiger partial charge in [0.05, 0.1) is 31.2 Å². The highest BCUT2D eigenvalue weighted by Crippen LogP contribution is 2.30. The highest BCUT2D eigenvalue weighted by atomic mass is 35.5. The molecule has 2 rings (SSSR count). The van der Waals surface area contributed by atoms with Crippen LogP contribution in [0, 0.1) is 0 Å². The van der Waals surface area contributed by atoms with Crippen molar-refractivity contribution >= 4 is 39.1 Å². The Hall–Kier alpha value is -2.98. The first-order valence-corrected chi connectivity index (χ1v) is 15.2. The fourth-order valence-corrected chi connectivity index (χ4v) is 5.31. The number of sulfonamides is 1. The van der Waals surface area contributed by atoms with Crippen molar-refractivity contribution in [2.45, 2.75) is 65.1 Å². The lowest BCUT2D eigenvalue weighted by molar-refractivity contribution is -0.141. The predicted octanol–water partition coefficient (Wildman–Crippen LogP) is 4.63. The van der Waals surface area contributed by atoms with Crippen molar-refractivity contribution < 1.29 is 27.5 Å². The van der Waals surface area contributed by atoms with E-state index >= 15 is 0 Å². The summed E-state index contributed by atoms with van der Waals surface area (Å²) in [6.07, 6.45) is 2.61. The number of rotatable bonds is 15. The number of methoxy groups -OCH3 is 2. The van der Waals surface area contributed by atoms with Crippen molar-refractivity contribution in [2.75, 3.05) is 31.3 Å². The van der Waals surface area contributed by atoms with Crippen molar-refractivity contribution in [2.24, 2.45) is 0 Å². The van der Waals surface area contributed by atoms with Gasteiger partial charge < -0.3 is 19.7 Å². The van der Waals surface area contributed by atoms with Crippen LogP contribution >= 0.6 is 11.6 Å². The van der Waals surface area contributed by atoms with Crippen LogP contribution < -0.4 is 19.1 Å². The van der Waals surface area contributed by atoms with Gasteiger partial charge in [-0.1, -0.05) is 37.6 Å². The van der Waals surface area contributed by atoms with Gasteiger partial charge in [0, 0.05) is 25.6 Å². The highest BCUT2D eigenvalue weighted by Gasteiger charge is 2.29. The molecule has 11 heteroatoms. The number of ether oxygens (including phenoxy) is 2. The molecule has 0 aliphatic carbocycles. The van der Waals surface area contributed by atoms with Crippen molar-refractivity contribution in [3.05, 3.63) is 53.1 Å². The quantitative estimate of drug-likeness (QED) is 0.329. The van der Waals surface area contributed by atoms with Gasteiger partial charge in [-0.3, -0.25) is 13.9 Å². The van der Waals surface area contributed by atoms with Gasteiger partial charge in [0.15, 0.2) is 0 Å². The summed E-state index contributed by atoms with van der Waals surface area (Å²) in [6, 6.07) is 11.4. The van der Waals surface area contributed by atoms with E-state index in [1.54, 1.807) is 24.1 Å². The maximum atomic E-state index is 13.6. The molecule has 2 atom stereocenters. The lowest BCUT2D eigenvalue weighted by atomic mass is 10.1. The molecule has 0 spiro atoms. The van der Waals surface area contributed by atoms with Crippen LogP contribution in [0.25, 0.3) is 0 Å². The zero-order valence-electron chi connectivity index (χ0n) is 23.6. The molecule has 0 aromatic heterocycles. The van der Waals surface area contributed by atoms with Crippen molar-refractivity contribution in [3.63, 3.8) is 0 Å². The summed E-state index contributed by atoms with van der Waals surface area (Å²) >= 11 is 6.22. The van der Waals surface area contributed by atoms with E-state index < -0.39 is 16.1 Å². The molecule has 0 bridgehead atoms. The maximum Gasteiger partial charge on any atom is 0.243 e. The van der Waals surface area contributed by atoms with Crippen LogP contribution in [0.5, 0.6) is 11.5 Å². The van der Waals surface area contributed by atoms with Crippen LogP contribution in [0.3, 0.4) is 0 Å². The molecule has 2 amide bonds. The number of hydrogen-bond acceptors (Lipinski definition) is 6. The van der Waals surface area contributed by atoms with E-state index in [0.717, 1.165) is 18.2 Å². The van der Waals surface area contributed by atoms with Crippen molar-refractivity contribution in [1.82, 2.24) is 10.2 Å². The molecule has 216 valence electrons. The minimum absolute atomic E-state index is 0.0240. The molecule has 0 aliphatic rings. The molecule has 0 radical (unpaired) electrons. The normalized spacial score (nSPS) is 12.8. The third kappa shape index (κ3) is 9.32. The molecule has 1 N–H and O–H groups in total. The number of anilines is 1. The number of carbonyl (C=O) groups excluding carboxylic acids is 2. The van der Waals surface area contributed by atoms with Gasteiger partial charge in [-0.05, 0) is 62.1 Å². The smallest absolute Gasteiger partial charge is 0.243 e. The van der Waals surface area contributed by atoms with Crippen molar-refractivity contribution in [1.29, 1.82) is 0 Å². The van der Waals surface area contributed by atoms with E-state index in [0.29, 0.717) is 23.6 Å². The molecular weight excluding hydrogens is 542 g/mol. The number of amides is 2. The SMILES string of the molecule is CC[C@@H](C)NC(=O)[C@H](CC)N(Cc1ccc(OC)cc1)C(=O)CCCN(c1ccc(OC)c(Cl)c1)S(C)(=O)=O. The summed E-state index contributed by atoms with van der Waals surface area (Å²) in [6.45, 7) is 6.08. The number of hydrogen-bond donors (Lipinski definition) is 1. The fraction of sp³-hybridized carbons (Fsp3) is 0.500.